The van der Waals surface area contributed by atoms with Gasteiger partial charge in [-0.25, -0.2) is 0 Å². The summed E-state index contributed by atoms with van der Waals surface area (Å²) < 4.78 is 82.7. The lowest BCUT2D eigenvalue weighted by molar-refractivity contribution is -0.343. The molecule has 0 radical (unpaired) electrons. The van der Waals surface area contributed by atoms with Crippen LogP contribution in [0.1, 0.15) is 79.3 Å². The van der Waals surface area contributed by atoms with Crippen molar-refractivity contribution < 1.29 is 41.0 Å². The van der Waals surface area contributed by atoms with E-state index < -0.39 is 23.4 Å². The van der Waals surface area contributed by atoms with Crippen LogP contribution in [0.3, 0.4) is 0 Å². The van der Waals surface area contributed by atoms with Crippen LogP contribution in [0.15, 0.2) is 36.4 Å². The summed E-state index contributed by atoms with van der Waals surface area (Å²) in [6.45, 7) is 7.49. The highest BCUT2D eigenvalue weighted by atomic mass is 19.4. The second kappa shape index (κ2) is 12.8. The van der Waals surface area contributed by atoms with Crippen LogP contribution in [-0.2, 0) is 14.9 Å². The molecule has 216 valence electrons. The van der Waals surface area contributed by atoms with Gasteiger partial charge in [-0.15, -0.1) is 0 Å². The van der Waals surface area contributed by atoms with E-state index in [1.165, 1.54) is 13.2 Å². The van der Waals surface area contributed by atoms with Crippen molar-refractivity contribution in [2.45, 2.75) is 83.2 Å². The van der Waals surface area contributed by atoms with Crippen molar-refractivity contribution in [1.82, 2.24) is 0 Å². The van der Waals surface area contributed by atoms with Gasteiger partial charge in [0.2, 0.25) is 0 Å². The Hall–Kier alpha value is -3.43. The molecule has 2 rings (SSSR count). The van der Waals surface area contributed by atoms with Crippen LogP contribution in [0.2, 0.25) is 0 Å². The Morgan fingerprint density at radius 1 is 0.850 bits per heavy atom. The summed E-state index contributed by atoms with van der Waals surface area (Å²) in [5.74, 6) is 8.82. The molecule has 0 aliphatic heterocycles. The smallest absolute Gasteiger partial charge is 0.438 e. The molecule has 0 atom stereocenters. The maximum absolute atomic E-state index is 13.0. The number of halogens is 6. The highest BCUT2D eigenvalue weighted by molar-refractivity contribution is 5.69. The lowest BCUT2D eigenvalue weighted by atomic mass is 9.69. The fourth-order valence-electron chi connectivity index (χ4n) is 4.48. The summed E-state index contributed by atoms with van der Waals surface area (Å²) >= 11 is 0. The van der Waals surface area contributed by atoms with Crippen molar-refractivity contribution in [3.8, 4) is 23.7 Å². The first-order valence-electron chi connectivity index (χ1n) is 12.7. The van der Waals surface area contributed by atoms with Crippen molar-refractivity contribution in [2.24, 2.45) is 0 Å². The number of ether oxygens (including phenoxy) is 1. The average Bonchev–Trinajstić information content (AvgIpc) is 2.88. The highest BCUT2D eigenvalue weighted by Crippen LogP contribution is 2.43. The van der Waals surface area contributed by atoms with E-state index in [4.69, 9.17) is 0 Å². The van der Waals surface area contributed by atoms with Crippen molar-refractivity contribution in [3.05, 3.63) is 69.8 Å². The fourth-order valence-corrected chi connectivity index (χ4v) is 4.48. The summed E-state index contributed by atoms with van der Waals surface area (Å²) in [7, 11) is 1.34. The van der Waals surface area contributed by atoms with Gasteiger partial charge in [0.05, 0.1) is 7.11 Å². The van der Waals surface area contributed by atoms with Crippen molar-refractivity contribution >= 4 is 5.97 Å². The summed E-state index contributed by atoms with van der Waals surface area (Å²) in [5, 5.41) is 9.35. The molecule has 0 unspecified atom stereocenters. The lowest BCUT2D eigenvalue weighted by Gasteiger charge is -2.34. The van der Waals surface area contributed by atoms with Gasteiger partial charge in [-0.1, -0.05) is 55.9 Å². The van der Waals surface area contributed by atoms with E-state index in [0.717, 1.165) is 28.2 Å². The van der Waals surface area contributed by atoms with Gasteiger partial charge in [-0.05, 0) is 73.4 Å². The molecule has 0 heterocycles. The van der Waals surface area contributed by atoms with Crippen LogP contribution in [0.25, 0.3) is 0 Å². The number of hydrogen-bond acceptors (Lipinski definition) is 3. The number of alkyl halides is 6. The van der Waals surface area contributed by atoms with E-state index in [1.54, 1.807) is 19.1 Å². The zero-order valence-electron chi connectivity index (χ0n) is 23.0. The van der Waals surface area contributed by atoms with Crippen LogP contribution in [0.5, 0.6) is 0 Å². The molecular formula is C31H32F6O3. The molecule has 0 saturated heterocycles. The van der Waals surface area contributed by atoms with E-state index >= 15 is 0 Å². The minimum Gasteiger partial charge on any atom is -0.469 e. The molecule has 40 heavy (non-hydrogen) atoms. The Kier molecular flexibility index (Phi) is 10.5. The molecule has 3 nitrogen and oxygen atoms in total. The van der Waals surface area contributed by atoms with E-state index in [9.17, 15) is 36.2 Å². The number of methoxy groups -OCH3 is 1. The minimum absolute atomic E-state index is 0.0502. The van der Waals surface area contributed by atoms with Gasteiger partial charge in [0.15, 0.2) is 0 Å². The Labute approximate surface area is 230 Å². The van der Waals surface area contributed by atoms with E-state index in [1.807, 2.05) is 44.9 Å². The first kappa shape index (κ1) is 32.8. The van der Waals surface area contributed by atoms with Crippen molar-refractivity contribution in [1.29, 1.82) is 0 Å². The van der Waals surface area contributed by atoms with Gasteiger partial charge in [0, 0.05) is 29.4 Å². The van der Waals surface area contributed by atoms with Crippen molar-refractivity contribution in [3.63, 3.8) is 0 Å². The number of aliphatic hydroxyl groups is 1. The largest absolute Gasteiger partial charge is 0.469 e. The molecule has 0 aliphatic carbocycles. The molecule has 0 saturated carbocycles. The SMILES string of the molecule is CCC(CC)(c1ccc(C#CCCCC(=O)OC)c(C)c1)c1ccc(C#CC(O)(C(F)(F)F)C(F)(F)F)c(C)c1. The first-order valence-corrected chi connectivity index (χ1v) is 12.7. The van der Waals surface area contributed by atoms with Gasteiger partial charge >= 0.3 is 23.9 Å². The molecule has 0 aliphatic rings. The Morgan fingerprint density at radius 3 is 1.73 bits per heavy atom. The minimum atomic E-state index is -6.01. The number of aryl methyl sites for hydroxylation is 2. The molecule has 2 aromatic rings. The maximum atomic E-state index is 13.0. The molecule has 2 aromatic carbocycles. The van der Waals surface area contributed by atoms with Crippen LogP contribution >= 0.6 is 0 Å². The summed E-state index contributed by atoms with van der Waals surface area (Å²) in [6.07, 6.45) is -9.24. The Balaban J connectivity index is 2.43. The number of hydrogen-bond donors (Lipinski definition) is 1. The predicted molar refractivity (Wildman–Crippen MR) is 140 cm³/mol. The molecule has 0 fully saturated rings. The average molecular weight is 567 g/mol. The number of carbonyl (C=O) groups excluding carboxylic acids is 1. The number of carbonyl (C=O) groups is 1. The zero-order valence-corrected chi connectivity index (χ0v) is 23.0. The highest BCUT2D eigenvalue weighted by Gasteiger charge is 2.70. The third kappa shape index (κ3) is 7.01. The predicted octanol–water partition coefficient (Wildman–Crippen LogP) is 7.31. The standard InChI is InChI=1S/C31H32F6O3/c1-6-28(7-2,25-15-13-23(21(3)19-25)11-9-8-10-12-27(38)40-5)26-16-14-24(22(4)20-26)17-18-29(39,30(32,33)34)31(35,36)37/h13-16,19-20,39H,6-8,10,12H2,1-5H3. The number of esters is 1. The van der Waals surface area contributed by atoms with Gasteiger partial charge in [0.25, 0.3) is 0 Å². The quantitative estimate of drug-likeness (QED) is 0.166. The van der Waals surface area contributed by atoms with Gasteiger partial charge in [-0.3, -0.25) is 4.79 Å². The third-order valence-electron chi connectivity index (χ3n) is 7.10. The number of unbranched alkanes of at least 4 members (excludes halogenated alkanes) is 1. The maximum Gasteiger partial charge on any atom is 0.438 e. The molecule has 0 bridgehead atoms. The van der Waals surface area contributed by atoms with Gasteiger partial charge < -0.3 is 9.84 Å². The molecule has 9 heteroatoms. The Bertz CT molecular complexity index is 1320. The monoisotopic (exact) mass is 566 g/mol. The topological polar surface area (TPSA) is 46.5 Å². The van der Waals surface area contributed by atoms with Crippen LogP contribution in [0, 0.1) is 37.5 Å². The summed E-state index contributed by atoms with van der Waals surface area (Å²) in [6, 6.07) is 10.7. The lowest BCUT2D eigenvalue weighted by Crippen LogP contribution is -2.55. The van der Waals surface area contributed by atoms with Crippen molar-refractivity contribution in [2.75, 3.05) is 7.11 Å². The molecule has 0 spiro atoms. The van der Waals surface area contributed by atoms with E-state index in [-0.39, 0.29) is 11.5 Å². The zero-order chi connectivity index (χ0) is 30.4. The summed E-state index contributed by atoms with van der Waals surface area (Å²) in [5.41, 5.74) is -1.66. The normalized spacial score (nSPS) is 12.2. The van der Waals surface area contributed by atoms with Crippen LogP contribution in [-0.4, -0.2) is 36.1 Å². The second-order valence-corrected chi connectivity index (χ2v) is 9.54. The molecule has 0 aromatic heterocycles. The van der Waals surface area contributed by atoms with E-state index in [2.05, 4.69) is 16.6 Å². The first-order chi connectivity index (χ1) is 18.6. The fraction of sp³-hybridized carbons (Fsp3) is 0.452. The summed E-state index contributed by atoms with van der Waals surface area (Å²) in [4.78, 5) is 11.2. The van der Waals surface area contributed by atoms with Gasteiger partial charge in [-0.2, -0.15) is 26.3 Å². The third-order valence-corrected chi connectivity index (χ3v) is 7.10. The number of rotatable bonds is 7. The van der Waals surface area contributed by atoms with Crippen LogP contribution < -0.4 is 0 Å². The van der Waals surface area contributed by atoms with Crippen LogP contribution in [0.4, 0.5) is 26.3 Å². The molecule has 0 amide bonds. The van der Waals surface area contributed by atoms with E-state index in [0.29, 0.717) is 37.7 Å². The molecule has 1 N–H and O–H groups in total. The van der Waals surface area contributed by atoms with Gasteiger partial charge in [0.1, 0.15) is 0 Å². The Morgan fingerprint density at radius 2 is 1.32 bits per heavy atom. The number of benzene rings is 2. The second-order valence-electron chi connectivity index (χ2n) is 9.54. The molecular weight excluding hydrogens is 534 g/mol.